The van der Waals surface area contributed by atoms with E-state index in [1.165, 1.54) is 10.4 Å². The van der Waals surface area contributed by atoms with Crippen LogP contribution in [0.25, 0.3) is 0 Å². The fourth-order valence-corrected chi connectivity index (χ4v) is 5.83. The Labute approximate surface area is 129 Å². The molecule has 22 heavy (non-hydrogen) atoms. The molecule has 3 rings (SSSR count). The summed E-state index contributed by atoms with van der Waals surface area (Å²) in [4.78, 5) is 11.3. The molecule has 0 amide bonds. The van der Waals surface area contributed by atoms with Crippen LogP contribution in [0.5, 0.6) is 0 Å². The second kappa shape index (κ2) is 5.07. The molecular formula is C15H16N2O4S. The van der Waals surface area contributed by atoms with Crippen LogP contribution in [0.4, 0.5) is 0 Å². The molecule has 2 aliphatic rings. The van der Waals surface area contributed by atoms with Crippen LogP contribution in [0.2, 0.25) is 0 Å². The largest absolute Gasteiger partial charge is 0.481 e. The number of carboxylic acid groups (broad SMARTS) is 1. The topological polar surface area (TPSA) is 98.5 Å². The lowest BCUT2D eigenvalue weighted by Gasteiger charge is -2.23. The lowest BCUT2D eigenvalue weighted by molar-refractivity contribution is -0.142. The molecule has 2 fully saturated rings. The summed E-state index contributed by atoms with van der Waals surface area (Å²) in [6.45, 7) is 1.69. The summed E-state index contributed by atoms with van der Waals surface area (Å²) in [6, 6.07) is 5.90. The van der Waals surface area contributed by atoms with Crippen molar-refractivity contribution in [3.63, 3.8) is 0 Å². The average Bonchev–Trinajstić information content (AvgIpc) is 3.05. The first-order chi connectivity index (χ1) is 10.4. The third kappa shape index (κ3) is 2.02. The van der Waals surface area contributed by atoms with Crippen LogP contribution in [-0.4, -0.2) is 35.9 Å². The van der Waals surface area contributed by atoms with Crippen molar-refractivity contribution in [2.45, 2.75) is 43.2 Å². The molecule has 3 atom stereocenters. The molecule has 2 heterocycles. The third-order valence-electron chi connectivity index (χ3n) is 4.69. The van der Waals surface area contributed by atoms with E-state index in [2.05, 4.69) is 0 Å². The van der Waals surface area contributed by atoms with Crippen LogP contribution in [0.15, 0.2) is 23.1 Å². The third-order valence-corrected chi connectivity index (χ3v) is 6.71. The summed E-state index contributed by atoms with van der Waals surface area (Å²) in [5.41, 5.74) is 0.741. The van der Waals surface area contributed by atoms with Crippen molar-refractivity contribution in [3.05, 3.63) is 29.3 Å². The fourth-order valence-electron chi connectivity index (χ4n) is 3.69. The molecule has 7 heteroatoms. The lowest BCUT2D eigenvalue weighted by Crippen LogP contribution is -2.38. The number of aliphatic carboxylic acids is 1. The first-order valence-corrected chi connectivity index (χ1v) is 8.58. The van der Waals surface area contributed by atoms with Crippen molar-refractivity contribution >= 4 is 16.0 Å². The molecule has 0 aliphatic carbocycles. The smallest absolute Gasteiger partial charge is 0.308 e. The molecule has 0 aromatic heterocycles. The van der Waals surface area contributed by atoms with E-state index in [1.54, 1.807) is 19.1 Å². The number of rotatable bonds is 3. The number of nitrogens with zero attached hydrogens (tertiary/aromatic N) is 2. The first kappa shape index (κ1) is 15.0. The maximum Gasteiger partial charge on any atom is 0.308 e. The van der Waals surface area contributed by atoms with Gasteiger partial charge < -0.3 is 5.11 Å². The molecule has 3 unspecified atom stereocenters. The van der Waals surface area contributed by atoms with E-state index >= 15 is 0 Å². The highest BCUT2D eigenvalue weighted by Crippen LogP contribution is 2.45. The van der Waals surface area contributed by atoms with Crippen LogP contribution in [0.3, 0.4) is 0 Å². The normalized spacial score (nSPS) is 27.7. The molecule has 0 saturated carbocycles. The van der Waals surface area contributed by atoms with Gasteiger partial charge in [0.1, 0.15) is 11.0 Å². The average molecular weight is 320 g/mol. The number of fused-ring (bicyclic) bond motifs is 2. The number of hydrogen-bond donors (Lipinski definition) is 1. The van der Waals surface area contributed by atoms with E-state index in [1.807, 2.05) is 6.07 Å². The number of carboxylic acids is 1. The number of hydrogen-bond acceptors (Lipinski definition) is 4. The number of benzene rings is 1. The Morgan fingerprint density at radius 3 is 2.73 bits per heavy atom. The molecular weight excluding hydrogens is 304 g/mol. The number of nitriles is 1. The Morgan fingerprint density at radius 2 is 2.14 bits per heavy atom. The van der Waals surface area contributed by atoms with Gasteiger partial charge in [-0.05, 0) is 37.8 Å². The Balaban J connectivity index is 2.08. The van der Waals surface area contributed by atoms with Gasteiger partial charge in [-0.2, -0.15) is 9.57 Å². The molecule has 1 aromatic rings. The van der Waals surface area contributed by atoms with Gasteiger partial charge in [-0.1, -0.05) is 12.1 Å². The van der Waals surface area contributed by atoms with E-state index in [9.17, 15) is 23.6 Å². The van der Waals surface area contributed by atoms with Gasteiger partial charge in [-0.25, -0.2) is 8.42 Å². The zero-order valence-corrected chi connectivity index (χ0v) is 12.9. The van der Waals surface area contributed by atoms with Gasteiger partial charge in [0, 0.05) is 12.1 Å². The predicted octanol–water partition coefficient (Wildman–Crippen LogP) is 1.49. The van der Waals surface area contributed by atoms with Gasteiger partial charge in [0.2, 0.25) is 10.0 Å². The highest BCUT2D eigenvalue weighted by atomic mass is 32.2. The fraction of sp³-hybridized carbons (Fsp3) is 0.467. The first-order valence-electron chi connectivity index (χ1n) is 7.14. The van der Waals surface area contributed by atoms with Gasteiger partial charge in [0.05, 0.1) is 11.5 Å². The summed E-state index contributed by atoms with van der Waals surface area (Å²) >= 11 is 0. The molecule has 6 nitrogen and oxygen atoms in total. The van der Waals surface area contributed by atoms with E-state index in [-0.39, 0.29) is 16.5 Å². The Bertz CT molecular complexity index is 781. The molecule has 0 radical (unpaired) electrons. The Morgan fingerprint density at radius 1 is 1.41 bits per heavy atom. The molecule has 1 aromatic carbocycles. The van der Waals surface area contributed by atoms with Crippen molar-refractivity contribution in [2.75, 3.05) is 0 Å². The van der Waals surface area contributed by atoms with Crippen molar-refractivity contribution in [1.82, 2.24) is 4.31 Å². The number of sulfonamides is 1. The lowest BCUT2D eigenvalue weighted by atomic mass is 9.89. The minimum atomic E-state index is -3.86. The van der Waals surface area contributed by atoms with Crippen LogP contribution in [-0.2, 0) is 14.8 Å². The summed E-state index contributed by atoms with van der Waals surface area (Å²) in [5.74, 6) is -1.60. The molecule has 1 N–H and O–H groups in total. The summed E-state index contributed by atoms with van der Waals surface area (Å²) in [5, 5.41) is 18.5. The van der Waals surface area contributed by atoms with E-state index in [0.717, 1.165) is 0 Å². The van der Waals surface area contributed by atoms with Gasteiger partial charge in [-0.15, -0.1) is 0 Å². The van der Waals surface area contributed by atoms with Crippen molar-refractivity contribution < 1.29 is 18.3 Å². The predicted molar refractivity (Wildman–Crippen MR) is 77.5 cm³/mol. The molecule has 2 aliphatic heterocycles. The molecule has 0 spiro atoms. The van der Waals surface area contributed by atoms with E-state index in [4.69, 9.17) is 0 Å². The second-order valence-electron chi connectivity index (χ2n) is 5.87. The molecule has 116 valence electrons. The van der Waals surface area contributed by atoms with E-state index < -0.39 is 28.0 Å². The van der Waals surface area contributed by atoms with Gasteiger partial charge in [0.15, 0.2) is 0 Å². The SMILES string of the molecule is Cc1cccc(S(=O)(=O)N2C3CCC2C(C(=O)O)C3)c1C#N. The maximum absolute atomic E-state index is 13.0. The Kier molecular flexibility index (Phi) is 3.46. The van der Waals surface area contributed by atoms with Crippen molar-refractivity contribution in [1.29, 1.82) is 5.26 Å². The highest BCUT2D eigenvalue weighted by molar-refractivity contribution is 7.89. The minimum Gasteiger partial charge on any atom is -0.481 e. The van der Waals surface area contributed by atoms with Gasteiger partial charge in [0.25, 0.3) is 0 Å². The highest BCUT2D eigenvalue weighted by Gasteiger charge is 2.54. The van der Waals surface area contributed by atoms with Crippen LogP contribution >= 0.6 is 0 Å². The number of aryl methyl sites for hydroxylation is 1. The maximum atomic E-state index is 13.0. The van der Waals surface area contributed by atoms with Crippen LogP contribution in [0, 0.1) is 24.2 Å². The second-order valence-corrected chi connectivity index (χ2v) is 7.69. The Hall–Kier alpha value is -1.91. The zero-order valence-electron chi connectivity index (χ0n) is 12.1. The van der Waals surface area contributed by atoms with Crippen molar-refractivity contribution in [2.24, 2.45) is 5.92 Å². The molecule has 2 saturated heterocycles. The van der Waals surface area contributed by atoms with Crippen LogP contribution < -0.4 is 0 Å². The summed E-state index contributed by atoms with van der Waals surface area (Å²) in [6.07, 6.45) is 1.60. The monoisotopic (exact) mass is 320 g/mol. The van der Waals surface area contributed by atoms with Crippen LogP contribution in [0.1, 0.15) is 30.4 Å². The minimum absolute atomic E-state index is 0.0158. The quantitative estimate of drug-likeness (QED) is 0.910. The summed E-state index contributed by atoms with van der Waals surface area (Å²) in [7, 11) is -3.86. The van der Waals surface area contributed by atoms with Gasteiger partial charge in [-0.3, -0.25) is 4.79 Å². The summed E-state index contributed by atoms with van der Waals surface area (Å²) < 4.78 is 27.3. The van der Waals surface area contributed by atoms with Gasteiger partial charge >= 0.3 is 5.97 Å². The van der Waals surface area contributed by atoms with Crippen molar-refractivity contribution in [3.8, 4) is 6.07 Å². The zero-order chi connectivity index (χ0) is 16.1. The standard InChI is InChI=1S/C15H16N2O4S/c1-9-3-2-4-14(12(9)8-16)22(20,21)17-10-5-6-13(17)11(7-10)15(18)19/h2-4,10-11,13H,5-7H2,1H3,(H,18,19). The van der Waals surface area contributed by atoms with E-state index in [0.29, 0.717) is 24.8 Å². The molecule has 2 bridgehead atoms. The number of carbonyl (C=O) groups is 1.